The molecule has 0 aliphatic heterocycles. The summed E-state index contributed by atoms with van der Waals surface area (Å²) in [6.45, 7) is -0.398. The Morgan fingerprint density at radius 3 is 2.14 bits per heavy atom. The van der Waals surface area contributed by atoms with Gasteiger partial charge in [-0.1, -0.05) is 48.5 Å². The van der Waals surface area contributed by atoms with Gasteiger partial charge in [-0.3, -0.25) is 0 Å². The van der Waals surface area contributed by atoms with Crippen LogP contribution in [-0.4, -0.2) is 30.0 Å². The van der Waals surface area contributed by atoms with E-state index >= 15 is 0 Å². The van der Waals surface area contributed by atoms with Gasteiger partial charge in [-0.25, -0.2) is 4.39 Å². The molecule has 0 atom stereocenters. The monoisotopic (exact) mass is 290 g/mol. The van der Waals surface area contributed by atoms with Crippen molar-refractivity contribution in [3.8, 4) is 0 Å². The van der Waals surface area contributed by atoms with E-state index in [0.29, 0.717) is 6.61 Å². The highest BCUT2D eigenvalue weighted by atomic mass is 19.1. The van der Waals surface area contributed by atoms with Crippen LogP contribution in [0.5, 0.6) is 0 Å². The SMILES string of the molecule is OCC(CO)(COCc1ccccc1)c1ccccc1F. The molecule has 3 nitrogen and oxygen atoms in total. The maximum Gasteiger partial charge on any atom is 0.127 e. The van der Waals surface area contributed by atoms with E-state index in [-0.39, 0.29) is 25.4 Å². The minimum absolute atomic E-state index is 0.0375. The fourth-order valence-electron chi connectivity index (χ4n) is 2.22. The van der Waals surface area contributed by atoms with Crippen LogP contribution in [0.4, 0.5) is 4.39 Å². The van der Waals surface area contributed by atoms with Crippen LogP contribution in [0.3, 0.4) is 0 Å². The molecule has 2 aromatic carbocycles. The first kappa shape index (κ1) is 15.6. The third-order valence-corrected chi connectivity index (χ3v) is 3.54. The van der Waals surface area contributed by atoms with Crippen molar-refractivity contribution in [2.75, 3.05) is 19.8 Å². The summed E-state index contributed by atoms with van der Waals surface area (Å²) in [7, 11) is 0. The molecule has 112 valence electrons. The molecule has 0 aromatic heterocycles. The van der Waals surface area contributed by atoms with Gasteiger partial charge >= 0.3 is 0 Å². The van der Waals surface area contributed by atoms with Crippen LogP contribution in [0.15, 0.2) is 54.6 Å². The minimum Gasteiger partial charge on any atom is -0.395 e. The van der Waals surface area contributed by atoms with Gasteiger partial charge in [0.2, 0.25) is 0 Å². The predicted octanol–water partition coefficient (Wildman–Crippen LogP) is 2.26. The van der Waals surface area contributed by atoms with Crippen LogP contribution < -0.4 is 0 Å². The summed E-state index contributed by atoms with van der Waals surface area (Å²) >= 11 is 0. The Balaban J connectivity index is 2.10. The van der Waals surface area contributed by atoms with Gasteiger partial charge in [-0.2, -0.15) is 0 Å². The molecule has 2 rings (SSSR count). The lowest BCUT2D eigenvalue weighted by molar-refractivity contribution is 0.0114. The molecular weight excluding hydrogens is 271 g/mol. The molecule has 21 heavy (non-hydrogen) atoms. The highest BCUT2D eigenvalue weighted by Gasteiger charge is 2.34. The van der Waals surface area contributed by atoms with Gasteiger partial charge in [-0.05, 0) is 11.6 Å². The Hall–Kier alpha value is -1.75. The molecule has 4 heteroatoms. The second kappa shape index (κ2) is 7.31. The summed E-state index contributed by atoms with van der Waals surface area (Å²) in [4.78, 5) is 0. The summed E-state index contributed by atoms with van der Waals surface area (Å²) in [6, 6.07) is 15.7. The number of ether oxygens (including phenoxy) is 1. The fourth-order valence-corrected chi connectivity index (χ4v) is 2.22. The summed E-state index contributed by atoms with van der Waals surface area (Å²) in [5.74, 6) is -0.455. The molecule has 0 saturated heterocycles. The molecule has 0 amide bonds. The molecule has 0 aliphatic carbocycles. The zero-order valence-corrected chi connectivity index (χ0v) is 11.7. The average Bonchev–Trinajstić information content (AvgIpc) is 2.54. The molecule has 0 bridgehead atoms. The Kier molecular flexibility index (Phi) is 5.44. The molecule has 2 aromatic rings. The third-order valence-electron chi connectivity index (χ3n) is 3.54. The normalized spacial score (nSPS) is 11.6. The van der Waals surface area contributed by atoms with Gasteiger partial charge in [-0.15, -0.1) is 0 Å². The first-order chi connectivity index (χ1) is 10.2. The van der Waals surface area contributed by atoms with Crippen molar-refractivity contribution in [1.29, 1.82) is 0 Å². The maximum absolute atomic E-state index is 13.9. The van der Waals surface area contributed by atoms with Gasteiger partial charge in [0.15, 0.2) is 0 Å². The number of benzene rings is 2. The van der Waals surface area contributed by atoms with Crippen LogP contribution in [0.2, 0.25) is 0 Å². The third kappa shape index (κ3) is 3.67. The number of hydrogen-bond donors (Lipinski definition) is 2. The first-order valence-electron chi connectivity index (χ1n) is 6.80. The van der Waals surface area contributed by atoms with Gasteiger partial charge < -0.3 is 14.9 Å². The summed E-state index contributed by atoms with van der Waals surface area (Å²) in [6.07, 6.45) is 0. The number of hydrogen-bond acceptors (Lipinski definition) is 3. The van der Waals surface area contributed by atoms with E-state index < -0.39 is 11.2 Å². The Morgan fingerprint density at radius 1 is 0.905 bits per heavy atom. The maximum atomic E-state index is 13.9. The Morgan fingerprint density at radius 2 is 1.52 bits per heavy atom. The van der Waals surface area contributed by atoms with E-state index in [1.165, 1.54) is 6.07 Å². The summed E-state index contributed by atoms with van der Waals surface area (Å²) < 4.78 is 19.5. The van der Waals surface area contributed by atoms with Crippen molar-refractivity contribution in [1.82, 2.24) is 0 Å². The molecule has 0 radical (unpaired) electrons. The molecule has 2 N–H and O–H groups in total. The summed E-state index contributed by atoms with van der Waals surface area (Å²) in [5, 5.41) is 19.3. The van der Waals surface area contributed by atoms with E-state index in [1.807, 2.05) is 30.3 Å². The number of halogens is 1. The molecule has 0 aliphatic rings. The van der Waals surface area contributed by atoms with Gasteiger partial charge in [0, 0.05) is 5.56 Å². The van der Waals surface area contributed by atoms with Crippen molar-refractivity contribution in [3.05, 3.63) is 71.5 Å². The first-order valence-corrected chi connectivity index (χ1v) is 6.80. The largest absolute Gasteiger partial charge is 0.395 e. The highest BCUT2D eigenvalue weighted by molar-refractivity contribution is 5.28. The summed E-state index contributed by atoms with van der Waals surface area (Å²) in [5.41, 5.74) is 0.110. The molecule has 0 heterocycles. The van der Waals surface area contributed by atoms with Crippen LogP contribution in [0, 0.1) is 5.82 Å². The number of rotatable bonds is 7. The zero-order valence-electron chi connectivity index (χ0n) is 11.7. The van der Waals surface area contributed by atoms with Crippen LogP contribution in [0.1, 0.15) is 11.1 Å². The van der Waals surface area contributed by atoms with E-state index in [4.69, 9.17) is 4.74 Å². The molecular formula is C17H19FO3. The second-order valence-electron chi connectivity index (χ2n) is 5.05. The van der Waals surface area contributed by atoms with E-state index in [2.05, 4.69) is 0 Å². The fraction of sp³-hybridized carbons (Fsp3) is 0.294. The number of aliphatic hydroxyl groups excluding tert-OH is 2. The van der Waals surface area contributed by atoms with E-state index in [0.717, 1.165) is 5.56 Å². The standard InChI is InChI=1S/C17H19FO3/c18-16-9-5-4-8-15(16)17(11-19,12-20)13-21-10-14-6-2-1-3-7-14/h1-9,19-20H,10-13H2. The van der Waals surface area contributed by atoms with Crippen LogP contribution in [-0.2, 0) is 16.8 Å². The number of aliphatic hydroxyl groups is 2. The van der Waals surface area contributed by atoms with Crippen LogP contribution >= 0.6 is 0 Å². The Bertz CT molecular complexity index is 553. The minimum atomic E-state index is -1.14. The molecule has 0 saturated carbocycles. The molecule has 0 unspecified atom stereocenters. The van der Waals surface area contributed by atoms with E-state index in [9.17, 15) is 14.6 Å². The lowest BCUT2D eigenvalue weighted by Gasteiger charge is -2.30. The van der Waals surface area contributed by atoms with Gasteiger partial charge in [0.1, 0.15) is 5.82 Å². The van der Waals surface area contributed by atoms with Gasteiger partial charge in [0.05, 0.1) is 31.8 Å². The molecule has 0 spiro atoms. The zero-order chi connectivity index (χ0) is 15.1. The van der Waals surface area contributed by atoms with Crippen molar-refractivity contribution >= 4 is 0 Å². The van der Waals surface area contributed by atoms with E-state index in [1.54, 1.807) is 18.2 Å². The van der Waals surface area contributed by atoms with Crippen LogP contribution in [0.25, 0.3) is 0 Å². The smallest absolute Gasteiger partial charge is 0.127 e. The molecule has 0 fully saturated rings. The highest BCUT2D eigenvalue weighted by Crippen LogP contribution is 2.26. The predicted molar refractivity (Wildman–Crippen MR) is 78.3 cm³/mol. The topological polar surface area (TPSA) is 49.7 Å². The lowest BCUT2D eigenvalue weighted by Crippen LogP contribution is -2.40. The van der Waals surface area contributed by atoms with Crippen molar-refractivity contribution in [2.24, 2.45) is 0 Å². The average molecular weight is 290 g/mol. The van der Waals surface area contributed by atoms with Crippen molar-refractivity contribution in [3.63, 3.8) is 0 Å². The van der Waals surface area contributed by atoms with Gasteiger partial charge in [0.25, 0.3) is 0 Å². The quantitative estimate of drug-likeness (QED) is 0.822. The Labute approximate surface area is 123 Å². The van der Waals surface area contributed by atoms with Crippen molar-refractivity contribution in [2.45, 2.75) is 12.0 Å². The second-order valence-corrected chi connectivity index (χ2v) is 5.05. The lowest BCUT2D eigenvalue weighted by atomic mass is 9.82. The van der Waals surface area contributed by atoms with Crippen molar-refractivity contribution < 1.29 is 19.3 Å².